The number of aliphatic hydroxyl groups is 1. The second kappa shape index (κ2) is 6.74. The van der Waals surface area contributed by atoms with Crippen LogP contribution >= 0.6 is 11.3 Å². The molecule has 0 saturated carbocycles. The minimum atomic E-state index is -1.01. The number of phenols is 1. The lowest BCUT2D eigenvalue weighted by Gasteiger charge is -2.19. The van der Waals surface area contributed by atoms with Crippen molar-refractivity contribution >= 4 is 17.6 Å². The van der Waals surface area contributed by atoms with Crippen molar-refractivity contribution in [3.05, 3.63) is 46.2 Å². The Morgan fingerprint density at radius 3 is 2.86 bits per heavy atom. The standard InChI is InChI=1S/C16H19NO3S/c1-3-20-14-6-4-5-12(15(14)18)9-17-11-16(2,19)13-7-8-21-10-13/h4-10,18-19H,3,11H2,1-2H3. The van der Waals surface area contributed by atoms with Crippen LogP contribution in [0.1, 0.15) is 25.0 Å². The van der Waals surface area contributed by atoms with E-state index in [0.717, 1.165) is 5.56 Å². The molecule has 1 unspecified atom stereocenters. The minimum Gasteiger partial charge on any atom is -0.504 e. The third-order valence-corrected chi connectivity index (χ3v) is 3.79. The first-order chi connectivity index (χ1) is 10.0. The van der Waals surface area contributed by atoms with Gasteiger partial charge < -0.3 is 14.9 Å². The molecule has 2 aromatic rings. The van der Waals surface area contributed by atoms with Gasteiger partial charge in [0.25, 0.3) is 0 Å². The van der Waals surface area contributed by atoms with Crippen LogP contribution in [0.3, 0.4) is 0 Å². The van der Waals surface area contributed by atoms with Gasteiger partial charge in [0.1, 0.15) is 5.60 Å². The zero-order chi connectivity index (χ0) is 15.3. The lowest BCUT2D eigenvalue weighted by Crippen LogP contribution is -2.24. The van der Waals surface area contributed by atoms with Crippen LogP contribution in [0.2, 0.25) is 0 Å². The Labute approximate surface area is 128 Å². The Hall–Kier alpha value is -1.85. The smallest absolute Gasteiger partial charge is 0.166 e. The number of nitrogens with zero attached hydrogens (tertiary/aromatic N) is 1. The number of para-hydroxylation sites is 1. The number of benzene rings is 1. The van der Waals surface area contributed by atoms with E-state index in [1.165, 1.54) is 11.3 Å². The highest BCUT2D eigenvalue weighted by Crippen LogP contribution is 2.29. The Bertz CT molecular complexity index is 606. The minimum absolute atomic E-state index is 0.0678. The second-order valence-corrected chi connectivity index (χ2v) is 5.66. The van der Waals surface area contributed by atoms with Crippen LogP contribution in [-0.4, -0.2) is 29.6 Å². The molecule has 0 aliphatic rings. The van der Waals surface area contributed by atoms with Crippen molar-refractivity contribution in [1.82, 2.24) is 0 Å². The predicted octanol–water partition coefficient (Wildman–Crippen LogP) is 3.18. The summed E-state index contributed by atoms with van der Waals surface area (Å²) in [5, 5.41) is 24.2. The van der Waals surface area contributed by atoms with Crippen LogP contribution in [0.25, 0.3) is 0 Å². The Morgan fingerprint density at radius 1 is 1.38 bits per heavy atom. The highest BCUT2D eigenvalue weighted by molar-refractivity contribution is 7.08. The van der Waals surface area contributed by atoms with Crippen LogP contribution in [0.4, 0.5) is 0 Å². The Kier molecular flexibility index (Phi) is 4.98. The lowest BCUT2D eigenvalue weighted by molar-refractivity contribution is 0.0680. The lowest BCUT2D eigenvalue weighted by atomic mass is 10.00. The van der Waals surface area contributed by atoms with E-state index < -0.39 is 5.60 Å². The molecular weight excluding hydrogens is 286 g/mol. The molecule has 0 bridgehead atoms. The largest absolute Gasteiger partial charge is 0.504 e. The number of phenolic OH excluding ortho intramolecular Hbond substituents is 1. The average Bonchev–Trinajstić information content (AvgIpc) is 2.98. The van der Waals surface area contributed by atoms with Gasteiger partial charge in [0.05, 0.1) is 13.2 Å². The molecule has 1 atom stereocenters. The fraction of sp³-hybridized carbons (Fsp3) is 0.312. The molecule has 5 heteroatoms. The summed E-state index contributed by atoms with van der Waals surface area (Å²) in [7, 11) is 0. The van der Waals surface area contributed by atoms with Gasteiger partial charge in [-0.15, -0.1) is 0 Å². The number of thiophene rings is 1. The number of hydrogen-bond donors (Lipinski definition) is 2. The van der Waals surface area contributed by atoms with Gasteiger partial charge in [-0.1, -0.05) is 6.07 Å². The van der Waals surface area contributed by atoms with Gasteiger partial charge in [0, 0.05) is 11.8 Å². The third-order valence-electron chi connectivity index (χ3n) is 3.10. The molecule has 0 saturated heterocycles. The van der Waals surface area contributed by atoms with Gasteiger partial charge in [-0.2, -0.15) is 11.3 Å². The second-order valence-electron chi connectivity index (χ2n) is 4.88. The van der Waals surface area contributed by atoms with Crippen molar-refractivity contribution in [1.29, 1.82) is 0 Å². The molecule has 2 rings (SSSR count). The number of aromatic hydroxyl groups is 1. The van der Waals surface area contributed by atoms with Gasteiger partial charge in [-0.05, 0) is 48.4 Å². The maximum absolute atomic E-state index is 10.4. The first kappa shape index (κ1) is 15.5. The van der Waals surface area contributed by atoms with Crippen LogP contribution in [0.5, 0.6) is 11.5 Å². The predicted molar refractivity (Wildman–Crippen MR) is 85.6 cm³/mol. The monoisotopic (exact) mass is 305 g/mol. The van der Waals surface area contributed by atoms with Crippen molar-refractivity contribution in [2.24, 2.45) is 4.99 Å². The van der Waals surface area contributed by atoms with Crippen molar-refractivity contribution in [3.8, 4) is 11.5 Å². The van der Waals surface area contributed by atoms with Crippen molar-refractivity contribution in [3.63, 3.8) is 0 Å². The fourth-order valence-electron chi connectivity index (χ4n) is 1.90. The molecule has 112 valence electrons. The van der Waals surface area contributed by atoms with E-state index in [2.05, 4.69) is 4.99 Å². The fourth-order valence-corrected chi connectivity index (χ4v) is 2.68. The number of aliphatic imine (C=N–C) groups is 1. The molecule has 0 spiro atoms. The summed E-state index contributed by atoms with van der Waals surface area (Å²) in [6.45, 7) is 4.30. The van der Waals surface area contributed by atoms with Gasteiger partial charge in [-0.25, -0.2) is 0 Å². The SMILES string of the molecule is CCOc1cccc(C=NCC(C)(O)c2ccsc2)c1O. The summed E-state index contributed by atoms with van der Waals surface area (Å²) >= 11 is 1.54. The van der Waals surface area contributed by atoms with E-state index in [-0.39, 0.29) is 12.3 Å². The summed E-state index contributed by atoms with van der Waals surface area (Å²) < 4.78 is 5.32. The number of hydrogen-bond acceptors (Lipinski definition) is 5. The molecule has 0 fully saturated rings. The molecule has 1 aromatic carbocycles. The number of ether oxygens (including phenoxy) is 1. The highest BCUT2D eigenvalue weighted by atomic mass is 32.1. The van der Waals surface area contributed by atoms with E-state index in [0.29, 0.717) is 17.9 Å². The molecule has 0 aliphatic heterocycles. The highest BCUT2D eigenvalue weighted by Gasteiger charge is 2.22. The van der Waals surface area contributed by atoms with E-state index in [9.17, 15) is 10.2 Å². The molecular formula is C16H19NO3S. The van der Waals surface area contributed by atoms with Crippen LogP contribution in [0.15, 0.2) is 40.0 Å². The maximum atomic E-state index is 10.4. The molecule has 0 aliphatic carbocycles. The molecule has 1 heterocycles. The normalized spacial score (nSPS) is 14.2. The van der Waals surface area contributed by atoms with Gasteiger partial charge in [0.15, 0.2) is 11.5 Å². The molecule has 4 nitrogen and oxygen atoms in total. The molecule has 2 N–H and O–H groups in total. The van der Waals surface area contributed by atoms with Crippen LogP contribution < -0.4 is 4.74 Å². The topological polar surface area (TPSA) is 62.0 Å². The number of rotatable bonds is 6. The molecule has 1 aromatic heterocycles. The van der Waals surface area contributed by atoms with Crippen molar-refractivity contribution in [2.45, 2.75) is 19.4 Å². The van der Waals surface area contributed by atoms with Crippen molar-refractivity contribution in [2.75, 3.05) is 13.2 Å². The Morgan fingerprint density at radius 2 is 2.19 bits per heavy atom. The summed E-state index contributed by atoms with van der Waals surface area (Å²) in [6.07, 6.45) is 1.55. The Balaban J connectivity index is 2.10. The summed E-state index contributed by atoms with van der Waals surface area (Å²) in [5.41, 5.74) is 0.405. The van der Waals surface area contributed by atoms with E-state index in [1.807, 2.05) is 23.8 Å². The van der Waals surface area contributed by atoms with E-state index >= 15 is 0 Å². The third kappa shape index (κ3) is 3.83. The van der Waals surface area contributed by atoms with Gasteiger partial charge >= 0.3 is 0 Å². The quantitative estimate of drug-likeness (QED) is 0.806. The molecule has 0 amide bonds. The zero-order valence-corrected chi connectivity index (χ0v) is 12.9. The summed E-state index contributed by atoms with van der Waals surface area (Å²) in [6, 6.07) is 7.13. The van der Waals surface area contributed by atoms with Crippen LogP contribution in [-0.2, 0) is 5.60 Å². The van der Waals surface area contributed by atoms with E-state index in [1.54, 1.807) is 31.3 Å². The maximum Gasteiger partial charge on any atom is 0.166 e. The summed E-state index contributed by atoms with van der Waals surface area (Å²) in [5.74, 6) is 0.504. The average molecular weight is 305 g/mol. The van der Waals surface area contributed by atoms with Gasteiger partial charge in [-0.3, -0.25) is 4.99 Å². The first-order valence-electron chi connectivity index (χ1n) is 6.74. The van der Waals surface area contributed by atoms with E-state index in [4.69, 9.17) is 4.74 Å². The summed E-state index contributed by atoms with van der Waals surface area (Å²) in [4.78, 5) is 4.25. The van der Waals surface area contributed by atoms with Gasteiger partial charge in [0.2, 0.25) is 0 Å². The van der Waals surface area contributed by atoms with Crippen LogP contribution in [0, 0.1) is 0 Å². The van der Waals surface area contributed by atoms with Crippen molar-refractivity contribution < 1.29 is 14.9 Å². The first-order valence-corrected chi connectivity index (χ1v) is 7.68. The molecule has 21 heavy (non-hydrogen) atoms. The zero-order valence-electron chi connectivity index (χ0n) is 12.1. The molecule has 0 radical (unpaired) electrons.